The van der Waals surface area contributed by atoms with Gasteiger partial charge in [-0.15, -0.1) is 11.3 Å². The molecule has 1 aliphatic heterocycles. The molecule has 144 valence electrons. The third kappa shape index (κ3) is 3.31. The number of hydrogen-bond donors (Lipinski definition) is 1. The Balaban J connectivity index is 1.82. The van der Waals surface area contributed by atoms with Crippen LogP contribution in [-0.2, 0) is 14.3 Å². The minimum absolute atomic E-state index is 0.128. The molecular formula is C23H23NO3S. The SMILES string of the molecule is CCOC(=O)C1=C(C)NC2=C(C(=O)CCC2)[C@@H]1c1ccc(-c2ccccc2)s1. The molecule has 5 heteroatoms. The highest BCUT2D eigenvalue weighted by atomic mass is 32.1. The number of allylic oxidation sites excluding steroid dienone is 3. The highest BCUT2D eigenvalue weighted by Crippen LogP contribution is 2.45. The summed E-state index contributed by atoms with van der Waals surface area (Å²) >= 11 is 1.64. The van der Waals surface area contributed by atoms with Crippen molar-refractivity contribution >= 4 is 23.1 Å². The predicted octanol–water partition coefficient (Wildman–Crippen LogP) is 4.95. The Morgan fingerprint density at radius 3 is 2.71 bits per heavy atom. The van der Waals surface area contributed by atoms with Gasteiger partial charge in [0.1, 0.15) is 0 Å². The molecule has 1 atom stereocenters. The van der Waals surface area contributed by atoms with E-state index in [0.29, 0.717) is 18.6 Å². The van der Waals surface area contributed by atoms with Crippen LogP contribution in [0.25, 0.3) is 10.4 Å². The lowest BCUT2D eigenvalue weighted by Gasteiger charge is -2.33. The van der Waals surface area contributed by atoms with E-state index in [2.05, 4.69) is 23.5 Å². The van der Waals surface area contributed by atoms with Crippen molar-refractivity contribution in [2.45, 2.75) is 39.0 Å². The number of Topliss-reactive ketones (excluding diaryl/α,β-unsaturated/α-hetero) is 1. The van der Waals surface area contributed by atoms with Crippen molar-refractivity contribution in [3.8, 4) is 10.4 Å². The van der Waals surface area contributed by atoms with E-state index in [9.17, 15) is 9.59 Å². The van der Waals surface area contributed by atoms with Gasteiger partial charge < -0.3 is 10.1 Å². The minimum Gasteiger partial charge on any atom is -0.463 e. The van der Waals surface area contributed by atoms with E-state index in [-0.39, 0.29) is 17.7 Å². The van der Waals surface area contributed by atoms with Crippen molar-refractivity contribution in [3.05, 3.63) is 69.9 Å². The number of dihydropyridines is 1. The Morgan fingerprint density at radius 2 is 1.96 bits per heavy atom. The number of carbonyl (C=O) groups excluding carboxylic acids is 2. The van der Waals surface area contributed by atoms with E-state index < -0.39 is 0 Å². The van der Waals surface area contributed by atoms with Crippen LogP contribution in [0.1, 0.15) is 43.9 Å². The van der Waals surface area contributed by atoms with Crippen molar-refractivity contribution in [1.82, 2.24) is 5.32 Å². The molecule has 0 radical (unpaired) electrons. The van der Waals surface area contributed by atoms with Gasteiger partial charge in [-0.3, -0.25) is 4.79 Å². The van der Waals surface area contributed by atoms with E-state index in [1.54, 1.807) is 18.3 Å². The van der Waals surface area contributed by atoms with E-state index in [0.717, 1.165) is 45.1 Å². The lowest BCUT2D eigenvalue weighted by atomic mass is 9.78. The summed E-state index contributed by atoms with van der Waals surface area (Å²) in [4.78, 5) is 27.8. The van der Waals surface area contributed by atoms with Gasteiger partial charge >= 0.3 is 5.97 Å². The predicted molar refractivity (Wildman–Crippen MR) is 111 cm³/mol. The molecule has 1 aliphatic carbocycles. The highest BCUT2D eigenvalue weighted by Gasteiger charge is 2.39. The normalized spacial score (nSPS) is 19.4. The van der Waals surface area contributed by atoms with Crippen LogP contribution in [0.2, 0.25) is 0 Å². The third-order valence-electron chi connectivity index (χ3n) is 5.24. The summed E-state index contributed by atoms with van der Waals surface area (Å²) in [5, 5.41) is 3.32. The first-order valence-electron chi connectivity index (χ1n) is 9.66. The van der Waals surface area contributed by atoms with Gasteiger partial charge in [0, 0.05) is 33.1 Å². The summed E-state index contributed by atoms with van der Waals surface area (Å²) < 4.78 is 5.34. The highest BCUT2D eigenvalue weighted by molar-refractivity contribution is 7.15. The van der Waals surface area contributed by atoms with Gasteiger partial charge in [0.25, 0.3) is 0 Å². The molecule has 2 heterocycles. The number of rotatable bonds is 4. The fraction of sp³-hybridized carbons (Fsp3) is 0.304. The number of hydrogen-bond acceptors (Lipinski definition) is 5. The number of ketones is 1. The first-order chi connectivity index (χ1) is 13.6. The molecule has 0 saturated carbocycles. The lowest BCUT2D eigenvalue weighted by molar-refractivity contribution is -0.138. The van der Waals surface area contributed by atoms with Gasteiger partial charge in [0.15, 0.2) is 5.78 Å². The summed E-state index contributed by atoms with van der Waals surface area (Å²) in [6.07, 6.45) is 2.21. The van der Waals surface area contributed by atoms with Crippen LogP contribution in [0, 0.1) is 0 Å². The second-order valence-electron chi connectivity index (χ2n) is 7.05. The standard InChI is InChI=1S/C23H23NO3S/c1-3-27-23(26)20-14(2)24-16-10-7-11-17(25)21(16)22(20)19-13-12-18(28-19)15-8-5-4-6-9-15/h4-6,8-9,12-13,22,24H,3,7,10-11H2,1-2H3/t22-/m1/s1. The van der Waals surface area contributed by atoms with Gasteiger partial charge in [-0.2, -0.15) is 0 Å². The Bertz CT molecular complexity index is 984. The third-order valence-corrected chi connectivity index (χ3v) is 6.44. The molecule has 0 spiro atoms. The van der Waals surface area contributed by atoms with E-state index in [1.807, 2.05) is 31.2 Å². The van der Waals surface area contributed by atoms with Gasteiger partial charge in [0.05, 0.1) is 18.1 Å². The Morgan fingerprint density at radius 1 is 1.18 bits per heavy atom. The summed E-state index contributed by atoms with van der Waals surface area (Å²) in [6, 6.07) is 14.3. The molecular weight excluding hydrogens is 370 g/mol. The van der Waals surface area contributed by atoms with E-state index in [1.165, 1.54) is 0 Å². The molecule has 1 aromatic carbocycles. The molecule has 2 aliphatic rings. The first-order valence-corrected chi connectivity index (χ1v) is 10.5. The van der Waals surface area contributed by atoms with Crippen molar-refractivity contribution in [3.63, 3.8) is 0 Å². The number of thiophene rings is 1. The Labute approximate surface area is 168 Å². The second kappa shape index (κ2) is 7.76. The van der Waals surface area contributed by atoms with E-state index >= 15 is 0 Å². The molecule has 0 unspecified atom stereocenters. The molecule has 4 rings (SSSR count). The fourth-order valence-electron chi connectivity index (χ4n) is 4.01. The van der Waals surface area contributed by atoms with Crippen LogP contribution in [0.4, 0.5) is 0 Å². The monoisotopic (exact) mass is 393 g/mol. The first kappa shape index (κ1) is 18.7. The average Bonchev–Trinajstić information content (AvgIpc) is 3.18. The lowest BCUT2D eigenvalue weighted by Crippen LogP contribution is -2.34. The average molecular weight is 394 g/mol. The van der Waals surface area contributed by atoms with Gasteiger partial charge in [0.2, 0.25) is 0 Å². The maximum Gasteiger partial charge on any atom is 0.336 e. The Kier molecular flexibility index (Phi) is 5.18. The molecule has 2 aromatic rings. The maximum absolute atomic E-state index is 12.9. The quantitative estimate of drug-likeness (QED) is 0.747. The second-order valence-corrected chi connectivity index (χ2v) is 8.17. The molecule has 1 N–H and O–H groups in total. The summed E-state index contributed by atoms with van der Waals surface area (Å²) in [5.74, 6) is -0.578. The molecule has 0 fully saturated rings. The number of esters is 1. The van der Waals surface area contributed by atoms with Crippen LogP contribution in [0.5, 0.6) is 0 Å². The van der Waals surface area contributed by atoms with E-state index in [4.69, 9.17) is 4.74 Å². The molecule has 0 amide bonds. The van der Waals surface area contributed by atoms with Gasteiger partial charge in [-0.05, 0) is 44.4 Å². The zero-order valence-corrected chi connectivity index (χ0v) is 16.9. The summed E-state index contributed by atoms with van der Waals surface area (Å²) in [5.41, 5.74) is 4.17. The molecule has 0 bridgehead atoms. The van der Waals surface area contributed by atoms with Crippen LogP contribution in [0.15, 0.2) is 65.0 Å². The zero-order valence-electron chi connectivity index (χ0n) is 16.1. The van der Waals surface area contributed by atoms with Crippen molar-refractivity contribution < 1.29 is 14.3 Å². The number of nitrogens with one attached hydrogen (secondary N) is 1. The molecule has 28 heavy (non-hydrogen) atoms. The zero-order chi connectivity index (χ0) is 19.7. The fourth-order valence-corrected chi connectivity index (χ4v) is 5.15. The minimum atomic E-state index is -0.356. The van der Waals surface area contributed by atoms with Crippen LogP contribution in [-0.4, -0.2) is 18.4 Å². The van der Waals surface area contributed by atoms with Gasteiger partial charge in [-0.25, -0.2) is 4.79 Å². The van der Waals surface area contributed by atoms with Crippen molar-refractivity contribution in [2.24, 2.45) is 0 Å². The van der Waals surface area contributed by atoms with Crippen molar-refractivity contribution in [2.75, 3.05) is 6.61 Å². The topological polar surface area (TPSA) is 55.4 Å². The summed E-state index contributed by atoms with van der Waals surface area (Å²) in [7, 11) is 0. The molecule has 1 aromatic heterocycles. The molecule has 0 saturated heterocycles. The Hall–Kier alpha value is -2.66. The molecule has 4 nitrogen and oxygen atoms in total. The van der Waals surface area contributed by atoms with Crippen LogP contribution in [0.3, 0.4) is 0 Å². The number of ether oxygens (including phenoxy) is 1. The van der Waals surface area contributed by atoms with Crippen LogP contribution >= 0.6 is 11.3 Å². The van der Waals surface area contributed by atoms with Crippen LogP contribution < -0.4 is 5.32 Å². The number of benzene rings is 1. The summed E-state index contributed by atoms with van der Waals surface area (Å²) in [6.45, 7) is 4.00. The largest absolute Gasteiger partial charge is 0.463 e. The maximum atomic E-state index is 12.9. The smallest absolute Gasteiger partial charge is 0.336 e. The van der Waals surface area contributed by atoms with Crippen molar-refractivity contribution in [1.29, 1.82) is 0 Å². The number of carbonyl (C=O) groups is 2. The van der Waals surface area contributed by atoms with Gasteiger partial charge in [-0.1, -0.05) is 30.3 Å².